The lowest BCUT2D eigenvalue weighted by molar-refractivity contribution is 0.0494. The summed E-state index contributed by atoms with van der Waals surface area (Å²) in [7, 11) is 0. The molecule has 0 aromatic carbocycles. The van der Waals surface area contributed by atoms with E-state index in [0.29, 0.717) is 13.1 Å². The number of amides is 1. The molecule has 0 spiro atoms. The maximum atomic E-state index is 13.5. The molecule has 6 nitrogen and oxygen atoms in total. The molecule has 26 heavy (non-hydrogen) atoms. The van der Waals surface area contributed by atoms with Gasteiger partial charge in [-0.2, -0.15) is 0 Å². The van der Waals surface area contributed by atoms with Crippen LogP contribution >= 0.6 is 0 Å². The first kappa shape index (κ1) is 18.9. The SMILES string of the molecule is CC(C)(C)OC(=O)N[C@H]1CN(c2ccc3c(n2)CC[C@H](N)C3)C[C@H]1CF. The summed E-state index contributed by atoms with van der Waals surface area (Å²) in [5, 5.41) is 2.82. The summed E-state index contributed by atoms with van der Waals surface area (Å²) in [6.45, 7) is 5.99. The molecule has 0 unspecified atom stereocenters. The van der Waals surface area contributed by atoms with Crippen LogP contribution in [0.5, 0.6) is 0 Å². The number of nitrogens with zero attached hydrogens (tertiary/aromatic N) is 2. The number of hydrogen-bond donors (Lipinski definition) is 2. The van der Waals surface area contributed by atoms with Gasteiger partial charge in [-0.25, -0.2) is 9.78 Å². The van der Waals surface area contributed by atoms with Crippen LogP contribution in [-0.4, -0.2) is 48.5 Å². The second kappa shape index (κ2) is 7.39. The Balaban J connectivity index is 1.68. The van der Waals surface area contributed by atoms with Crippen LogP contribution in [0.4, 0.5) is 15.0 Å². The number of aryl methyl sites for hydroxylation is 1. The van der Waals surface area contributed by atoms with Crippen LogP contribution in [0.3, 0.4) is 0 Å². The Morgan fingerprint density at radius 1 is 1.42 bits per heavy atom. The van der Waals surface area contributed by atoms with Crippen LogP contribution in [0.1, 0.15) is 38.4 Å². The third-order valence-electron chi connectivity index (χ3n) is 4.95. The van der Waals surface area contributed by atoms with Crippen molar-refractivity contribution < 1.29 is 13.9 Å². The van der Waals surface area contributed by atoms with Crippen molar-refractivity contribution in [3.8, 4) is 0 Å². The molecule has 1 fully saturated rings. The highest BCUT2D eigenvalue weighted by molar-refractivity contribution is 5.68. The van der Waals surface area contributed by atoms with Gasteiger partial charge in [0.25, 0.3) is 0 Å². The number of ether oxygens (including phenoxy) is 1. The Hall–Kier alpha value is -1.89. The standard InChI is InChI=1S/C19H29FN4O2/c1-19(2,3)26-18(25)23-16-11-24(10-13(16)9-20)17-7-4-12-8-14(21)5-6-15(12)22-17/h4,7,13-14,16H,5-6,8-11,21H2,1-3H3,(H,23,25)/t13-,14+,16+/m1/s1. The number of carbonyl (C=O) groups excluding carboxylic acids is 1. The van der Waals surface area contributed by atoms with Crippen molar-refractivity contribution in [1.29, 1.82) is 0 Å². The zero-order valence-corrected chi connectivity index (χ0v) is 15.8. The Bertz CT molecular complexity index is 661. The van der Waals surface area contributed by atoms with Gasteiger partial charge in [-0.1, -0.05) is 6.07 Å². The van der Waals surface area contributed by atoms with Gasteiger partial charge < -0.3 is 20.7 Å². The van der Waals surface area contributed by atoms with E-state index in [1.807, 2.05) is 31.7 Å². The second-order valence-corrected chi connectivity index (χ2v) is 8.35. The Kier molecular flexibility index (Phi) is 5.37. The number of halogens is 1. The van der Waals surface area contributed by atoms with Crippen molar-refractivity contribution in [2.45, 2.75) is 57.7 Å². The van der Waals surface area contributed by atoms with Crippen molar-refractivity contribution in [1.82, 2.24) is 10.3 Å². The van der Waals surface area contributed by atoms with Crippen molar-refractivity contribution >= 4 is 11.9 Å². The lowest BCUT2D eigenvalue weighted by Gasteiger charge is -2.24. The fourth-order valence-electron chi connectivity index (χ4n) is 3.64. The van der Waals surface area contributed by atoms with Crippen molar-refractivity contribution in [3.63, 3.8) is 0 Å². The minimum atomic E-state index is -0.575. The number of pyridine rings is 1. The van der Waals surface area contributed by atoms with Crippen molar-refractivity contribution in [2.24, 2.45) is 11.7 Å². The molecule has 1 aromatic rings. The summed E-state index contributed by atoms with van der Waals surface area (Å²) in [6.07, 6.45) is 2.18. The molecule has 0 saturated carbocycles. The zero-order valence-electron chi connectivity index (χ0n) is 15.8. The van der Waals surface area contributed by atoms with E-state index in [1.54, 1.807) is 0 Å². The van der Waals surface area contributed by atoms with E-state index in [0.717, 1.165) is 30.8 Å². The molecule has 2 aliphatic rings. The normalized spacial score (nSPS) is 25.7. The largest absolute Gasteiger partial charge is 0.444 e. The second-order valence-electron chi connectivity index (χ2n) is 8.35. The molecule has 1 amide bonds. The topological polar surface area (TPSA) is 80.5 Å². The average Bonchev–Trinajstić information content (AvgIpc) is 2.95. The highest BCUT2D eigenvalue weighted by Gasteiger charge is 2.35. The molecule has 3 N–H and O–H groups in total. The predicted octanol–water partition coefficient (Wildman–Crippen LogP) is 2.20. The number of fused-ring (bicyclic) bond motifs is 1. The van der Waals surface area contributed by atoms with Crippen molar-refractivity contribution in [3.05, 3.63) is 23.4 Å². The summed E-state index contributed by atoms with van der Waals surface area (Å²) >= 11 is 0. The molecule has 0 radical (unpaired) electrons. The summed E-state index contributed by atoms with van der Waals surface area (Å²) in [4.78, 5) is 18.9. The van der Waals surface area contributed by atoms with Gasteiger partial charge in [-0.15, -0.1) is 0 Å². The predicted molar refractivity (Wildman–Crippen MR) is 99.1 cm³/mol. The number of alkyl carbamates (subject to hydrolysis) is 1. The molecule has 3 atom stereocenters. The Labute approximate surface area is 154 Å². The van der Waals surface area contributed by atoms with Crippen LogP contribution in [0.15, 0.2) is 12.1 Å². The number of aromatic nitrogens is 1. The quantitative estimate of drug-likeness (QED) is 0.859. The van der Waals surface area contributed by atoms with Gasteiger partial charge in [-0.3, -0.25) is 4.39 Å². The van der Waals surface area contributed by atoms with Gasteiger partial charge in [0.1, 0.15) is 11.4 Å². The number of hydrogen-bond acceptors (Lipinski definition) is 5. The fraction of sp³-hybridized carbons (Fsp3) is 0.684. The molecular weight excluding hydrogens is 335 g/mol. The number of alkyl halides is 1. The lowest BCUT2D eigenvalue weighted by Crippen LogP contribution is -2.43. The maximum absolute atomic E-state index is 13.5. The molecular formula is C19H29FN4O2. The summed E-state index contributed by atoms with van der Waals surface area (Å²) in [5.74, 6) is 0.569. The van der Waals surface area contributed by atoms with Gasteiger partial charge in [0, 0.05) is 30.7 Å². The first-order valence-corrected chi connectivity index (χ1v) is 9.30. The minimum absolute atomic E-state index is 0.209. The van der Waals surface area contributed by atoms with Crippen LogP contribution < -0.4 is 16.0 Å². The lowest BCUT2D eigenvalue weighted by atomic mass is 9.92. The van der Waals surface area contributed by atoms with E-state index in [9.17, 15) is 9.18 Å². The molecule has 144 valence electrons. The molecule has 1 saturated heterocycles. The van der Waals surface area contributed by atoms with Gasteiger partial charge in [0.15, 0.2) is 0 Å². The third-order valence-corrected chi connectivity index (χ3v) is 4.95. The van der Waals surface area contributed by atoms with E-state index in [4.69, 9.17) is 15.5 Å². The molecule has 1 aromatic heterocycles. The fourth-order valence-corrected chi connectivity index (χ4v) is 3.64. The first-order valence-electron chi connectivity index (χ1n) is 9.30. The summed E-state index contributed by atoms with van der Waals surface area (Å²) in [6, 6.07) is 3.97. The van der Waals surface area contributed by atoms with Gasteiger partial charge in [-0.05, 0) is 51.7 Å². The van der Waals surface area contributed by atoms with E-state index in [1.165, 1.54) is 5.56 Å². The van der Waals surface area contributed by atoms with Crippen LogP contribution in [0.2, 0.25) is 0 Å². The maximum Gasteiger partial charge on any atom is 0.407 e. The highest BCUT2D eigenvalue weighted by Crippen LogP contribution is 2.27. The van der Waals surface area contributed by atoms with Gasteiger partial charge in [0.2, 0.25) is 0 Å². The van der Waals surface area contributed by atoms with E-state index in [2.05, 4.69) is 11.4 Å². The summed E-state index contributed by atoms with van der Waals surface area (Å²) < 4.78 is 18.8. The van der Waals surface area contributed by atoms with Crippen LogP contribution in [-0.2, 0) is 17.6 Å². The Morgan fingerprint density at radius 3 is 2.88 bits per heavy atom. The zero-order chi connectivity index (χ0) is 18.9. The monoisotopic (exact) mass is 364 g/mol. The third kappa shape index (κ3) is 4.44. The molecule has 0 bridgehead atoms. The van der Waals surface area contributed by atoms with Crippen molar-refractivity contribution in [2.75, 3.05) is 24.7 Å². The molecule has 1 aliphatic heterocycles. The molecule has 1 aliphatic carbocycles. The summed E-state index contributed by atoms with van der Waals surface area (Å²) in [5.41, 5.74) is 7.74. The van der Waals surface area contributed by atoms with E-state index in [-0.39, 0.29) is 18.0 Å². The Morgan fingerprint density at radius 2 is 2.19 bits per heavy atom. The van der Waals surface area contributed by atoms with Gasteiger partial charge in [0.05, 0.1) is 12.7 Å². The number of rotatable bonds is 3. The molecule has 2 heterocycles. The van der Waals surface area contributed by atoms with Crippen LogP contribution in [0.25, 0.3) is 0 Å². The minimum Gasteiger partial charge on any atom is -0.444 e. The number of carbonyl (C=O) groups is 1. The highest BCUT2D eigenvalue weighted by atomic mass is 19.1. The van der Waals surface area contributed by atoms with E-state index >= 15 is 0 Å². The molecule has 3 rings (SSSR count). The average molecular weight is 364 g/mol. The van der Waals surface area contributed by atoms with E-state index < -0.39 is 18.4 Å². The number of anilines is 1. The number of nitrogens with one attached hydrogen (secondary N) is 1. The van der Waals surface area contributed by atoms with Crippen LogP contribution in [0, 0.1) is 5.92 Å². The molecule has 7 heteroatoms. The first-order chi connectivity index (χ1) is 12.2. The number of nitrogens with two attached hydrogens (primary N) is 1. The smallest absolute Gasteiger partial charge is 0.407 e. The van der Waals surface area contributed by atoms with Gasteiger partial charge >= 0.3 is 6.09 Å².